The average Bonchev–Trinajstić information content (AvgIpc) is 2.60. The third-order valence-corrected chi connectivity index (χ3v) is 3.53. The molecule has 0 aliphatic carbocycles. The first-order valence-corrected chi connectivity index (χ1v) is 9.30. The molecule has 1 rings (SSSR count). The second-order valence-corrected chi connectivity index (χ2v) is 6.06. The topological polar surface area (TPSA) is 30.5 Å². The summed E-state index contributed by atoms with van der Waals surface area (Å²) in [5.41, 5.74) is 2.40. The van der Waals surface area contributed by atoms with Gasteiger partial charge in [0.25, 0.3) is 0 Å². The summed E-state index contributed by atoms with van der Waals surface area (Å²) in [6, 6.07) is 8.27. The summed E-state index contributed by atoms with van der Waals surface area (Å²) in [5, 5.41) is 2.75. The summed E-state index contributed by atoms with van der Waals surface area (Å²) in [6.07, 6.45) is 7.34. The highest BCUT2D eigenvalue weighted by atomic mass is 16.5. The molecule has 0 unspecified atom stereocenters. The largest absolute Gasteiger partial charge is 0.483 e. The Morgan fingerprint density at radius 1 is 1.16 bits per heavy atom. The number of benzene rings is 1. The van der Waals surface area contributed by atoms with Gasteiger partial charge < -0.3 is 14.8 Å². The normalized spacial score (nSPS) is 12.9. The molecule has 0 saturated carbocycles. The fraction of sp³-hybridized carbons (Fsp3) is 0.545. The van der Waals surface area contributed by atoms with E-state index < -0.39 is 0 Å². The first-order chi connectivity index (χ1) is 12.0. The van der Waals surface area contributed by atoms with Gasteiger partial charge in [-0.25, -0.2) is 0 Å². The maximum Gasteiger partial charge on any atom is 0.147 e. The highest BCUT2D eigenvalue weighted by molar-refractivity contribution is 5.37. The van der Waals surface area contributed by atoms with Crippen LogP contribution in [0.2, 0.25) is 0 Å². The summed E-state index contributed by atoms with van der Waals surface area (Å²) in [5.74, 6) is 1.38. The quantitative estimate of drug-likeness (QED) is 0.611. The average molecular weight is 348 g/mol. The minimum atomic E-state index is -0.0763. The third-order valence-electron chi connectivity index (χ3n) is 3.53. The van der Waals surface area contributed by atoms with Crippen LogP contribution in [0.15, 0.2) is 48.1 Å². The first-order valence-electron chi connectivity index (χ1n) is 9.30. The van der Waals surface area contributed by atoms with Crippen LogP contribution in [0.4, 0.5) is 0 Å². The Labute approximate surface area is 155 Å². The van der Waals surface area contributed by atoms with Crippen LogP contribution in [0.25, 0.3) is 0 Å². The van der Waals surface area contributed by atoms with Crippen LogP contribution in [-0.2, 0) is 4.74 Å². The van der Waals surface area contributed by atoms with Gasteiger partial charge in [-0.15, -0.1) is 0 Å². The van der Waals surface area contributed by atoms with Gasteiger partial charge in [0.05, 0.1) is 6.61 Å². The van der Waals surface area contributed by atoms with Crippen molar-refractivity contribution in [2.75, 3.05) is 27.3 Å². The number of hydrogen-bond acceptors (Lipinski definition) is 3. The lowest BCUT2D eigenvalue weighted by Gasteiger charge is -2.23. The number of para-hydroxylation sites is 1. The van der Waals surface area contributed by atoms with Crippen molar-refractivity contribution in [2.45, 2.75) is 53.1 Å². The lowest BCUT2D eigenvalue weighted by Crippen LogP contribution is -2.25. The van der Waals surface area contributed by atoms with Gasteiger partial charge in [-0.2, -0.15) is 0 Å². The molecule has 0 aromatic heterocycles. The van der Waals surface area contributed by atoms with Crippen LogP contribution >= 0.6 is 0 Å². The summed E-state index contributed by atoms with van der Waals surface area (Å²) < 4.78 is 11.9. The van der Waals surface area contributed by atoms with Gasteiger partial charge in [0, 0.05) is 6.61 Å². The molecule has 0 heterocycles. The number of rotatable bonds is 9. The van der Waals surface area contributed by atoms with Gasteiger partial charge in [0.1, 0.15) is 11.9 Å². The molecule has 3 nitrogen and oxygen atoms in total. The molecule has 0 saturated heterocycles. The highest BCUT2D eigenvalue weighted by Gasteiger charge is 2.17. The maximum atomic E-state index is 6.31. The minimum Gasteiger partial charge on any atom is -0.483 e. The molecule has 0 fully saturated rings. The van der Waals surface area contributed by atoms with Gasteiger partial charge in [-0.05, 0) is 57.5 Å². The van der Waals surface area contributed by atoms with Crippen LogP contribution < -0.4 is 10.1 Å². The molecule has 0 bridgehead atoms. The number of nitrogens with one attached hydrogen (secondary N) is 1. The lowest BCUT2D eigenvalue weighted by atomic mass is 10.0. The summed E-state index contributed by atoms with van der Waals surface area (Å²) in [6.45, 7) is 11.8. The molecule has 0 aliphatic rings. The van der Waals surface area contributed by atoms with Crippen LogP contribution in [-0.4, -0.2) is 33.4 Å². The zero-order chi connectivity index (χ0) is 19.1. The predicted molar refractivity (Wildman–Crippen MR) is 110 cm³/mol. The van der Waals surface area contributed by atoms with Crippen molar-refractivity contribution in [2.24, 2.45) is 0 Å². The van der Waals surface area contributed by atoms with Crippen molar-refractivity contribution >= 4 is 0 Å². The van der Waals surface area contributed by atoms with E-state index in [4.69, 9.17) is 9.47 Å². The lowest BCUT2D eigenvalue weighted by molar-refractivity contribution is 0.0743. The second kappa shape index (κ2) is 14.7. The monoisotopic (exact) mass is 347 g/mol. The van der Waals surface area contributed by atoms with E-state index in [1.807, 2.05) is 40.1 Å². The van der Waals surface area contributed by atoms with Crippen LogP contribution in [0.3, 0.4) is 0 Å². The summed E-state index contributed by atoms with van der Waals surface area (Å²) in [4.78, 5) is 0. The van der Waals surface area contributed by atoms with E-state index in [-0.39, 0.29) is 6.10 Å². The zero-order valence-electron chi connectivity index (χ0n) is 17.1. The maximum absolute atomic E-state index is 6.31. The Kier molecular flexibility index (Phi) is 13.8. The molecule has 1 atom stereocenters. The molecule has 0 aliphatic heterocycles. The predicted octanol–water partition coefficient (Wildman–Crippen LogP) is 5.34. The van der Waals surface area contributed by atoms with E-state index in [0.29, 0.717) is 19.1 Å². The molecule has 1 aromatic carbocycles. The van der Waals surface area contributed by atoms with E-state index >= 15 is 0 Å². The molecule has 142 valence electrons. The fourth-order valence-corrected chi connectivity index (χ4v) is 2.28. The second-order valence-electron chi connectivity index (χ2n) is 6.06. The van der Waals surface area contributed by atoms with E-state index in [1.54, 1.807) is 0 Å². The molecule has 25 heavy (non-hydrogen) atoms. The van der Waals surface area contributed by atoms with Gasteiger partial charge in [0.2, 0.25) is 0 Å². The highest BCUT2D eigenvalue weighted by Crippen LogP contribution is 2.28. The molecule has 1 N–H and O–H groups in total. The molecule has 1 aromatic rings. The van der Waals surface area contributed by atoms with Gasteiger partial charge in [-0.3, -0.25) is 0 Å². The first kappa shape index (κ1) is 23.4. The third kappa shape index (κ3) is 9.47. The van der Waals surface area contributed by atoms with E-state index in [2.05, 4.69) is 56.4 Å². The van der Waals surface area contributed by atoms with Crippen LogP contribution in [0, 0.1) is 0 Å². The summed E-state index contributed by atoms with van der Waals surface area (Å²) in [7, 11) is 3.75. The van der Waals surface area contributed by atoms with Crippen LogP contribution in [0.1, 0.15) is 52.5 Å². The Bertz CT molecular complexity index is 507. The molecule has 3 heteroatoms. The van der Waals surface area contributed by atoms with Crippen molar-refractivity contribution < 1.29 is 9.47 Å². The molecular weight excluding hydrogens is 310 g/mol. The Hall–Kier alpha value is -1.58. The summed E-state index contributed by atoms with van der Waals surface area (Å²) >= 11 is 0. The van der Waals surface area contributed by atoms with E-state index in [9.17, 15) is 0 Å². The zero-order valence-corrected chi connectivity index (χ0v) is 17.1. The Balaban J connectivity index is 0.00000178. The van der Waals surface area contributed by atoms with Crippen molar-refractivity contribution in [3.05, 3.63) is 53.6 Å². The molecule has 0 spiro atoms. The van der Waals surface area contributed by atoms with Crippen molar-refractivity contribution in [1.29, 1.82) is 0 Å². The number of hydrogen-bond donors (Lipinski definition) is 1. The van der Waals surface area contributed by atoms with Crippen molar-refractivity contribution in [3.63, 3.8) is 0 Å². The SMILES string of the molecule is C/C=C(\C=C/CC)[C@@H](COCC)Oc1ccccc1C(C)C.CNC. The molecule has 0 amide bonds. The van der Waals surface area contributed by atoms with Gasteiger partial charge in [0.15, 0.2) is 0 Å². The standard InChI is InChI=1S/C20H30O2.C2H7N/c1-6-9-12-17(7-2)20(15-21-8-3)22-19-14-11-10-13-18(19)16(4)5;1-3-2/h7,9-14,16,20H,6,8,15H2,1-5H3;3H,1-2H3/b12-9-,17-7+;/t20-;/m1./s1. The fourth-order valence-electron chi connectivity index (χ4n) is 2.28. The van der Waals surface area contributed by atoms with Gasteiger partial charge >= 0.3 is 0 Å². The van der Waals surface area contributed by atoms with E-state index in [1.165, 1.54) is 5.56 Å². The molecular formula is C22H37NO2. The minimum absolute atomic E-state index is 0.0763. The van der Waals surface area contributed by atoms with Crippen LogP contribution in [0.5, 0.6) is 5.75 Å². The number of allylic oxidation sites excluding steroid dienone is 2. The Morgan fingerprint density at radius 2 is 1.80 bits per heavy atom. The van der Waals surface area contributed by atoms with Gasteiger partial charge in [-0.1, -0.05) is 57.2 Å². The van der Waals surface area contributed by atoms with Crippen molar-refractivity contribution in [1.82, 2.24) is 5.32 Å². The van der Waals surface area contributed by atoms with Crippen molar-refractivity contribution in [3.8, 4) is 5.75 Å². The van der Waals surface area contributed by atoms with E-state index in [0.717, 1.165) is 17.7 Å². The Morgan fingerprint density at radius 3 is 2.32 bits per heavy atom. The smallest absolute Gasteiger partial charge is 0.147 e. The number of ether oxygens (including phenoxy) is 2. The molecule has 0 radical (unpaired) electrons.